The molecule has 47 heavy (non-hydrogen) atoms. The molecule has 2 fully saturated rings. The Morgan fingerprint density at radius 1 is 0.702 bits per heavy atom. The Labute approximate surface area is 266 Å². The fraction of sp³-hybridized carbons (Fsp3) is 0.222. The first-order valence-electron chi connectivity index (χ1n) is 15.8. The lowest BCUT2D eigenvalue weighted by atomic mass is 10.1. The Hall–Kier alpha value is -5.58. The van der Waals surface area contributed by atoms with E-state index in [1.807, 2.05) is 33.7 Å². The van der Waals surface area contributed by atoms with Gasteiger partial charge in [0.2, 0.25) is 11.9 Å². The molecule has 2 aliphatic carbocycles. The van der Waals surface area contributed by atoms with E-state index in [0.29, 0.717) is 12.0 Å². The highest BCUT2D eigenvalue weighted by molar-refractivity contribution is 5.85. The SMILES string of the molecule is COc1ccc2ncn(-c3nc4ccc(F)cc4n3C3CC3c3cc(C)c4ncn(-c5nc6ccc(F)cc6n5C5CC5)c4c3)c2c1. The Bertz CT molecular complexity index is 2570. The van der Waals surface area contributed by atoms with Crippen molar-refractivity contribution in [1.82, 2.24) is 38.2 Å². The van der Waals surface area contributed by atoms with E-state index in [1.165, 1.54) is 17.7 Å². The third-order valence-corrected chi connectivity index (χ3v) is 9.74. The second-order valence-electron chi connectivity index (χ2n) is 12.8. The largest absolute Gasteiger partial charge is 0.497 e. The molecule has 2 unspecified atom stereocenters. The first-order valence-corrected chi connectivity index (χ1v) is 15.8. The van der Waals surface area contributed by atoms with Crippen molar-refractivity contribution in [3.63, 3.8) is 0 Å². The number of benzene rings is 4. The highest BCUT2D eigenvalue weighted by Crippen LogP contribution is 2.54. The summed E-state index contributed by atoms with van der Waals surface area (Å²) >= 11 is 0. The topological polar surface area (TPSA) is 80.5 Å². The second-order valence-corrected chi connectivity index (χ2v) is 12.8. The molecule has 0 N–H and O–H groups in total. The van der Waals surface area contributed by atoms with Crippen LogP contribution in [0.2, 0.25) is 0 Å². The van der Waals surface area contributed by atoms with E-state index in [-0.39, 0.29) is 23.6 Å². The monoisotopic (exact) mass is 626 g/mol. The van der Waals surface area contributed by atoms with Crippen LogP contribution in [0.15, 0.2) is 79.4 Å². The van der Waals surface area contributed by atoms with Gasteiger partial charge in [-0.1, -0.05) is 6.07 Å². The van der Waals surface area contributed by atoms with E-state index in [0.717, 1.165) is 80.7 Å². The molecule has 11 heteroatoms. The van der Waals surface area contributed by atoms with Gasteiger partial charge in [0.25, 0.3) is 0 Å². The summed E-state index contributed by atoms with van der Waals surface area (Å²) in [4.78, 5) is 19.4. The maximum absolute atomic E-state index is 14.7. The molecule has 4 aromatic carbocycles. The molecule has 2 atom stereocenters. The molecule has 9 nitrogen and oxygen atoms in total. The Morgan fingerprint density at radius 2 is 1.36 bits per heavy atom. The van der Waals surface area contributed by atoms with Gasteiger partial charge in [-0.15, -0.1) is 0 Å². The maximum atomic E-state index is 14.7. The fourth-order valence-electron chi connectivity index (χ4n) is 7.26. The Balaban J connectivity index is 1.11. The van der Waals surface area contributed by atoms with Crippen LogP contribution in [-0.4, -0.2) is 45.3 Å². The van der Waals surface area contributed by atoms with Crippen LogP contribution in [0.5, 0.6) is 5.75 Å². The molecule has 8 aromatic rings. The number of halogens is 2. The minimum Gasteiger partial charge on any atom is -0.497 e. The van der Waals surface area contributed by atoms with Crippen LogP contribution in [0.4, 0.5) is 8.78 Å². The number of aryl methyl sites for hydroxylation is 1. The van der Waals surface area contributed by atoms with Crippen LogP contribution < -0.4 is 4.74 Å². The molecule has 0 bridgehead atoms. The highest BCUT2D eigenvalue weighted by Gasteiger charge is 2.43. The van der Waals surface area contributed by atoms with E-state index in [4.69, 9.17) is 19.7 Å². The van der Waals surface area contributed by atoms with Crippen molar-refractivity contribution in [2.45, 2.75) is 44.2 Å². The van der Waals surface area contributed by atoms with Gasteiger partial charge in [-0.25, -0.2) is 28.7 Å². The Morgan fingerprint density at radius 3 is 2.09 bits per heavy atom. The quantitative estimate of drug-likeness (QED) is 0.189. The van der Waals surface area contributed by atoms with Crippen molar-refractivity contribution < 1.29 is 13.5 Å². The van der Waals surface area contributed by atoms with Crippen LogP contribution in [-0.2, 0) is 0 Å². The average molecular weight is 627 g/mol. The third-order valence-electron chi connectivity index (χ3n) is 9.74. The van der Waals surface area contributed by atoms with Gasteiger partial charge in [-0.05, 0) is 91.9 Å². The van der Waals surface area contributed by atoms with Gasteiger partial charge < -0.3 is 13.9 Å². The number of imidazole rings is 4. The van der Waals surface area contributed by atoms with Gasteiger partial charge in [-0.2, -0.15) is 0 Å². The number of nitrogens with zero attached hydrogens (tertiary/aromatic N) is 8. The zero-order valence-electron chi connectivity index (χ0n) is 25.6. The second kappa shape index (κ2) is 9.47. The standard InChI is InChI=1S/C36H28F2N8O/c1-19-11-20(12-33-34(19)40-18-44(33)35-41-27-8-3-21(37)13-31(27)45(35)23-5-6-23)25-16-29(25)46-32-14-22(38)4-9-28(32)42-36(46)43-17-39-26-10-7-24(47-2)15-30(26)43/h3-4,7-15,17-18,23,25,29H,5-6,16H2,1-2H3. The number of hydrogen-bond donors (Lipinski definition) is 0. The maximum Gasteiger partial charge on any atom is 0.216 e. The first-order chi connectivity index (χ1) is 22.9. The van der Waals surface area contributed by atoms with Gasteiger partial charge in [0.05, 0.1) is 51.2 Å². The van der Waals surface area contributed by atoms with Gasteiger partial charge in [0.1, 0.15) is 30.0 Å². The fourth-order valence-corrected chi connectivity index (χ4v) is 7.26. The highest BCUT2D eigenvalue weighted by atomic mass is 19.1. The summed E-state index contributed by atoms with van der Waals surface area (Å²) < 4.78 is 42.8. The van der Waals surface area contributed by atoms with E-state index < -0.39 is 0 Å². The minimum absolute atomic E-state index is 0.0482. The lowest BCUT2D eigenvalue weighted by Gasteiger charge is -2.12. The number of fused-ring (bicyclic) bond motifs is 4. The molecule has 232 valence electrons. The van der Waals surface area contributed by atoms with E-state index in [1.54, 1.807) is 37.7 Å². The molecule has 0 saturated heterocycles. The van der Waals surface area contributed by atoms with Crippen molar-refractivity contribution in [3.05, 3.63) is 102 Å². The summed E-state index contributed by atoms with van der Waals surface area (Å²) in [7, 11) is 1.64. The van der Waals surface area contributed by atoms with Crippen LogP contribution in [0, 0.1) is 18.6 Å². The molecule has 10 rings (SSSR count). The van der Waals surface area contributed by atoms with Gasteiger partial charge >= 0.3 is 0 Å². The molecule has 0 radical (unpaired) electrons. The van der Waals surface area contributed by atoms with Crippen LogP contribution >= 0.6 is 0 Å². The molecule has 4 heterocycles. The predicted molar refractivity (Wildman–Crippen MR) is 175 cm³/mol. The molecule has 0 aliphatic heterocycles. The molecule has 2 saturated carbocycles. The van der Waals surface area contributed by atoms with Gasteiger partial charge in [0, 0.05) is 24.1 Å². The minimum atomic E-state index is -0.306. The zero-order chi connectivity index (χ0) is 31.6. The van der Waals surface area contributed by atoms with Crippen molar-refractivity contribution in [2.75, 3.05) is 7.11 Å². The average Bonchev–Trinajstić information content (AvgIpc) is 3.88. The summed E-state index contributed by atoms with van der Waals surface area (Å²) in [6.45, 7) is 2.08. The Kier molecular flexibility index (Phi) is 5.37. The molecular formula is C36H28F2N8O. The first kappa shape index (κ1) is 26.6. The van der Waals surface area contributed by atoms with Crippen molar-refractivity contribution in [3.8, 4) is 17.6 Å². The molecular weight excluding hydrogens is 598 g/mol. The number of ether oxygens (including phenoxy) is 1. The van der Waals surface area contributed by atoms with Gasteiger partial charge in [0.15, 0.2) is 0 Å². The summed E-state index contributed by atoms with van der Waals surface area (Å²) in [5, 5.41) is 0. The lowest BCUT2D eigenvalue weighted by Crippen LogP contribution is -2.06. The molecule has 0 amide bonds. The van der Waals surface area contributed by atoms with E-state index >= 15 is 0 Å². The normalized spacial score (nSPS) is 17.9. The van der Waals surface area contributed by atoms with Crippen LogP contribution in [0.1, 0.15) is 48.4 Å². The van der Waals surface area contributed by atoms with Crippen molar-refractivity contribution in [1.29, 1.82) is 0 Å². The van der Waals surface area contributed by atoms with E-state index in [2.05, 4.69) is 33.2 Å². The van der Waals surface area contributed by atoms with Crippen LogP contribution in [0.25, 0.3) is 56.0 Å². The number of aromatic nitrogens is 8. The lowest BCUT2D eigenvalue weighted by molar-refractivity contribution is 0.415. The van der Waals surface area contributed by atoms with E-state index in [9.17, 15) is 8.78 Å². The number of rotatable bonds is 6. The summed E-state index contributed by atoms with van der Waals surface area (Å²) in [6, 6.07) is 20.0. The summed E-state index contributed by atoms with van der Waals surface area (Å²) in [5.74, 6) is 1.74. The molecule has 2 aliphatic rings. The summed E-state index contributed by atoms with van der Waals surface area (Å²) in [6.07, 6.45) is 6.53. The third kappa shape index (κ3) is 3.98. The number of hydrogen-bond acceptors (Lipinski definition) is 5. The predicted octanol–water partition coefficient (Wildman–Crippen LogP) is 7.72. The van der Waals surface area contributed by atoms with Crippen molar-refractivity contribution in [2.24, 2.45) is 0 Å². The van der Waals surface area contributed by atoms with Gasteiger partial charge in [-0.3, -0.25) is 9.13 Å². The molecule has 0 spiro atoms. The number of methoxy groups -OCH3 is 1. The molecule has 4 aromatic heterocycles. The van der Waals surface area contributed by atoms with Crippen LogP contribution in [0.3, 0.4) is 0 Å². The van der Waals surface area contributed by atoms with Crippen molar-refractivity contribution >= 4 is 44.1 Å². The smallest absolute Gasteiger partial charge is 0.216 e. The summed E-state index contributed by atoms with van der Waals surface area (Å²) in [5.41, 5.74) is 8.80. The zero-order valence-corrected chi connectivity index (χ0v) is 25.6.